The first-order valence-corrected chi connectivity index (χ1v) is 11.1. The highest BCUT2D eigenvalue weighted by atomic mass is 16.4. The molecule has 0 bridgehead atoms. The van der Waals surface area contributed by atoms with E-state index in [1.165, 1.54) is 0 Å². The summed E-state index contributed by atoms with van der Waals surface area (Å²) in [6.07, 6.45) is 0. The molecule has 0 saturated heterocycles. The lowest BCUT2D eigenvalue weighted by Gasteiger charge is -2.21. The average Bonchev–Trinajstić information content (AvgIpc) is 2.91. The summed E-state index contributed by atoms with van der Waals surface area (Å²) in [5.41, 5.74) is 5.25. The molecule has 0 unspecified atom stereocenters. The molecule has 0 heterocycles. The van der Waals surface area contributed by atoms with Gasteiger partial charge >= 0.3 is 5.97 Å². The topological polar surface area (TPSA) is 328 Å². The maximum Gasteiger partial charge on any atom is 0.322 e. The molecular formula is C19H32N8O12. The summed E-state index contributed by atoms with van der Waals surface area (Å²) in [5, 5.41) is 50.5. The maximum absolute atomic E-state index is 12.3. The van der Waals surface area contributed by atoms with E-state index in [1.54, 1.807) is 0 Å². The van der Waals surface area contributed by atoms with Crippen molar-refractivity contribution >= 4 is 47.3 Å². The Morgan fingerprint density at radius 1 is 0.513 bits per heavy atom. The van der Waals surface area contributed by atoms with Crippen molar-refractivity contribution in [1.29, 1.82) is 0 Å². The third kappa shape index (κ3) is 15.5. The second-order valence-corrected chi connectivity index (χ2v) is 7.50. The van der Waals surface area contributed by atoms with Gasteiger partial charge < -0.3 is 63.4 Å². The van der Waals surface area contributed by atoms with Crippen molar-refractivity contribution in [3.8, 4) is 0 Å². The van der Waals surface area contributed by atoms with E-state index >= 15 is 0 Å². The minimum absolute atomic E-state index is 0.563. The Morgan fingerprint density at radius 3 is 1.38 bits per heavy atom. The lowest BCUT2D eigenvalue weighted by molar-refractivity contribution is -0.138. The molecule has 0 spiro atoms. The van der Waals surface area contributed by atoms with Gasteiger partial charge in [-0.3, -0.25) is 38.4 Å². The molecule has 39 heavy (non-hydrogen) atoms. The molecule has 0 fully saturated rings. The van der Waals surface area contributed by atoms with E-state index in [0.717, 1.165) is 0 Å². The minimum Gasteiger partial charge on any atom is -0.480 e. The number of carboxylic acids is 1. The fraction of sp³-hybridized carbons (Fsp3) is 0.579. The first-order chi connectivity index (χ1) is 18.3. The van der Waals surface area contributed by atoms with E-state index in [9.17, 15) is 48.6 Å². The molecule has 220 valence electrons. The Morgan fingerprint density at radius 2 is 0.923 bits per heavy atom. The van der Waals surface area contributed by atoms with Gasteiger partial charge in [0.15, 0.2) is 0 Å². The molecule has 0 rings (SSSR count). The molecule has 0 aromatic heterocycles. The van der Waals surface area contributed by atoms with Crippen LogP contribution in [0.1, 0.15) is 0 Å². The second kappa shape index (κ2) is 18.8. The zero-order valence-corrected chi connectivity index (χ0v) is 20.5. The first kappa shape index (κ1) is 34.6. The van der Waals surface area contributed by atoms with E-state index < -0.39 is 118 Å². The number of aliphatic carboxylic acids is 1. The van der Waals surface area contributed by atoms with Crippen LogP contribution in [0.5, 0.6) is 0 Å². The highest BCUT2D eigenvalue weighted by Gasteiger charge is 2.26. The third-order valence-corrected chi connectivity index (χ3v) is 4.36. The van der Waals surface area contributed by atoms with E-state index in [4.69, 9.17) is 15.9 Å². The largest absolute Gasteiger partial charge is 0.480 e. The van der Waals surface area contributed by atoms with Crippen molar-refractivity contribution in [1.82, 2.24) is 37.2 Å². The van der Waals surface area contributed by atoms with Crippen LogP contribution >= 0.6 is 0 Å². The van der Waals surface area contributed by atoms with Crippen LogP contribution in [-0.4, -0.2) is 138 Å². The smallest absolute Gasteiger partial charge is 0.322 e. The summed E-state index contributed by atoms with van der Waals surface area (Å²) >= 11 is 0. The fourth-order valence-corrected chi connectivity index (χ4v) is 2.30. The van der Waals surface area contributed by atoms with Gasteiger partial charge in [0, 0.05) is 0 Å². The standard InChI is InChI=1S/C19H32N8O12/c20-9(6-28)17(37)24-2-13(32)22-4-15(34)26-11(8-30)19(39)27-10(7-29)18(38)25-3-14(33)21-1-12(31)23-5-16(35)36/h9-11,28-30H,1-8,20H2,(H,21,33)(H,22,32)(H,23,31)(H,24,37)(H,25,38)(H,26,34)(H,27,39)(H,35,36)/t9-,10-,11-/m0/s1. The summed E-state index contributed by atoms with van der Waals surface area (Å²) in [7, 11) is 0. The van der Waals surface area contributed by atoms with Gasteiger partial charge in [0.1, 0.15) is 24.7 Å². The molecule has 0 aliphatic carbocycles. The number of carbonyl (C=O) groups is 8. The fourth-order valence-electron chi connectivity index (χ4n) is 2.30. The van der Waals surface area contributed by atoms with Crippen LogP contribution in [0.2, 0.25) is 0 Å². The van der Waals surface area contributed by atoms with Gasteiger partial charge in [-0.1, -0.05) is 0 Å². The van der Waals surface area contributed by atoms with E-state index in [-0.39, 0.29) is 0 Å². The molecule has 20 heteroatoms. The van der Waals surface area contributed by atoms with Gasteiger partial charge in [0.25, 0.3) is 0 Å². The van der Waals surface area contributed by atoms with Gasteiger partial charge in [-0.05, 0) is 0 Å². The van der Waals surface area contributed by atoms with E-state index in [2.05, 4.69) is 26.6 Å². The molecule has 0 aromatic carbocycles. The number of hydrogen-bond acceptors (Lipinski definition) is 12. The number of amides is 7. The van der Waals surface area contributed by atoms with Crippen LogP contribution in [0, 0.1) is 0 Å². The van der Waals surface area contributed by atoms with Crippen molar-refractivity contribution in [3.63, 3.8) is 0 Å². The first-order valence-electron chi connectivity index (χ1n) is 11.1. The number of rotatable bonds is 18. The maximum atomic E-state index is 12.3. The van der Waals surface area contributed by atoms with Gasteiger partial charge in [0.05, 0.1) is 46.0 Å². The molecule has 0 aliphatic heterocycles. The number of carboxylic acid groups (broad SMARTS) is 1. The lowest BCUT2D eigenvalue weighted by Crippen LogP contribution is -2.57. The van der Waals surface area contributed by atoms with Gasteiger partial charge in [0.2, 0.25) is 41.4 Å². The normalized spacial score (nSPS) is 12.5. The number of nitrogens with two attached hydrogens (primary N) is 1. The molecule has 13 N–H and O–H groups in total. The Balaban J connectivity index is 4.56. The summed E-state index contributed by atoms with van der Waals surface area (Å²) in [6.45, 7) is -5.67. The van der Waals surface area contributed by atoms with Crippen molar-refractivity contribution in [2.75, 3.05) is 52.5 Å². The minimum atomic E-state index is -1.61. The summed E-state index contributed by atoms with van der Waals surface area (Å²) < 4.78 is 0. The van der Waals surface area contributed by atoms with Gasteiger partial charge in [-0.2, -0.15) is 0 Å². The van der Waals surface area contributed by atoms with Crippen LogP contribution in [0.4, 0.5) is 0 Å². The highest BCUT2D eigenvalue weighted by molar-refractivity contribution is 5.95. The number of aliphatic hydroxyl groups is 3. The van der Waals surface area contributed by atoms with E-state index in [0.29, 0.717) is 0 Å². The Kier molecular flexibility index (Phi) is 16.7. The zero-order chi connectivity index (χ0) is 30.0. The molecule has 0 radical (unpaired) electrons. The zero-order valence-electron chi connectivity index (χ0n) is 20.5. The molecule has 3 atom stereocenters. The summed E-state index contributed by atoms with van der Waals surface area (Å²) in [4.78, 5) is 92.9. The van der Waals surface area contributed by atoms with Gasteiger partial charge in [-0.25, -0.2) is 0 Å². The van der Waals surface area contributed by atoms with Crippen molar-refractivity contribution in [3.05, 3.63) is 0 Å². The lowest BCUT2D eigenvalue weighted by atomic mass is 10.2. The Labute approximate surface area is 220 Å². The highest BCUT2D eigenvalue weighted by Crippen LogP contribution is 1.89. The van der Waals surface area contributed by atoms with Crippen LogP contribution in [0.15, 0.2) is 0 Å². The molecular weight excluding hydrogens is 532 g/mol. The molecule has 0 aromatic rings. The van der Waals surface area contributed by atoms with Crippen molar-refractivity contribution in [2.45, 2.75) is 18.1 Å². The monoisotopic (exact) mass is 564 g/mol. The SMILES string of the molecule is N[C@@H](CO)C(=O)NCC(=O)NCC(=O)N[C@@H](CO)C(=O)N[C@@H](CO)C(=O)NCC(=O)NCC(=O)NCC(=O)O. The predicted molar refractivity (Wildman–Crippen MR) is 126 cm³/mol. The summed E-state index contributed by atoms with van der Waals surface area (Å²) in [5.74, 6) is -7.64. The van der Waals surface area contributed by atoms with Crippen LogP contribution in [0.3, 0.4) is 0 Å². The van der Waals surface area contributed by atoms with Crippen LogP contribution in [0.25, 0.3) is 0 Å². The van der Waals surface area contributed by atoms with Crippen LogP contribution in [-0.2, 0) is 38.4 Å². The van der Waals surface area contributed by atoms with Crippen LogP contribution < -0.4 is 43.0 Å². The number of carbonyl (C=O) groups excluding carboxylic acids is 7. The average molecular weight is 565 g/mol. The Hall–Kier alpha value is -4.40. The second-order valence-electron chi connectivity index (χ2n) is 7.50. The third-order valence-electron chi connectivity index (χ3n) is 4.36. The number of nitrogens with one attached hydrogen (secondary N) is 7. The molecule has 0 saturated carbocycles. The van der Waals surface area contributed by atoms with E-state index in [1.807, 2.05) is 10.6 Å². The quantitative estimate of drug-likeness (QED) is 0.0736. The molecule has 0 aliphatic rings. The molecule has 7 amide bonds. The van der Waals surface area contributed by atoms with Gasteiger partial charge in [-0.15, -0.1) is 0 Å². The summed E-state index contributed by atoms with van der Waals surface area (Å²) in [6, 6.07) is -4.45. The Bertz CT molecular complexity index is 915. The molecule has 20 nitrogen and oxygen atoms in total. The predicted octanol–water partition coefficient (Wildman–Crippen LogP) is -9.07. The van der Waals surface area contributed by atoms with Crippen molar-refractivity contribution in [2.24, 2.45) is 5.73 Å². The number of aliphatic hydroxyl groups excluding tert-OH is 3. The van der Waals surface area contributed by atoms with Crippen molar-refractivity contribution < 1.29 is 58.8 Å². The number of hydrogen-bond donors (Lipinski definition) is 12.